The number of halogens is 2. The van der Waals surface area contributed by atoms with E-state index < -0.39 is 0 Å². The smallest absolute Gasteiger partial charge is 0.135 e. The third-order valence-electron chi connectivity index (χ3n) is 4.28. The van der Waals surface area contributed by atoms with Crippen LogP contribution in [0.4, 0.5) is 0 Å². The Hall–Kier alpha value is -0.960. The second kappa shape index (κ2) is 7.54. The lowest BCUT2D eigenvalue weighted by molar-refractivity contribution is 0.420. The molecule has 2 nitrogen and oxygen atoms in total. The highest BCUT2D eigenvalue weighted by Crippen LogP contribution is 2.31. The van der Waals surface area contributed by atoms with E-state index in [0.717, 1.165) is 23.6 Å². The monoisotopic (exact) mass is 337 g/mol. The summed E-state index contributed by atoms with van der Waals surface area (Å²) in [6.07, 6.45) is 7.95. The van der Waals surface area contributed by atoms with Crippen molar-refractivity contribution >= 4 is 23.2 Å². The summed E-state index contributed by atoms with van der Waals surface area (Å²) in [5, 5.41) is 4.93. The third-order valence-corrected chi connectivity index (χ3v) is 4.84. The second-order valence-electron chi connectivity index (χ2n) is 5.96. The Morgan fingerprint density at radius 1 is 1.00 bits per heavy atom. The van der Waals surface area contributed by atoms with E-state index in [1.807, 2.05) is 18.2 Å². The summed E-state index contributed by atoms with van der Waals surface area (Å²) in [6, 6.07) is 10.0. The van der Waals surface area contributed by atoms with Crippen molar-refractivity contribution in [2.24, 2.45) is 0 Å². The number of hydrogen-bond acceptors (Lipinski definition) is 2. The van der Waals surface area contributed by atoms with Crippen LogP contribution in [0, 0.1) is 0 Å². The first-order valence-corrected chi connectivity index (χ1v) is 8.75. The highest BCUT2D eigenvalue weighted by atomic mass is 35.5. The van der Waals surface area contributed by atoms with Gasteiger partial charge in [0.25, 0.3) is 0 Å². The van der Waals surface area contributed by atoms with Crippen molar-refractivity contribution in [1.82, 2.24) is 5.32 Å². The normalized spacial score (nSPS) is 16.6. The molecule has 22 heavy (non-hydrogen) atoms. The topological polar surface area (TPSA) is 25.2 Å². The van der Waals surface area contributed by atoms with Crippen molar-refractivity contribution in [3.63, 3.8) is 0 Å². The molecule has 1 aliphatic rings. The van der Waals surface area contributed by atoms with Gasteiger partial charge in [0.05, 0.1) is 11.6 Å². The van der Waals surface area contributed by atoms with Crippen LogP contribution in [0.1, 0.15) is 44.3 Å². The molecular formula is C18H21Cl2NO. The number of rotatable bonds is 4. The maximum absolute atomic E-state index is 6.22. The molecule has 1 saturated carbocycles. The van der Waals surface area contributed by atoms with Gasteiger partial charge in [0, 0.05) is 16.6 Å². The molecule has 118 valence electrons. The number of nitrogens with one attached hydrogen (secondary N) is 1. The van der Waals surface area contributed by atoms with Gasteiger partial charge in [-0.3, -0.25) is 0 Å². The average Bonchev–Trinajstić information content (AvgIpc) is 2.83. The van der Waals surface area contributed by atoms with E-state index in [2.05, 4.69) is 5.32 Å². The molecule has 0 saturated heterocycles. The van der Waals surface area contributed by atoms with Crippen molar-refractivity contribution in [3.05, 3.63) is 46.1 Å². The Kier molecular flexibility index (Phi) is 5.46. The van der Waals surface area contributed by atoms with Gasteiger partial charge < -0.3 is 9.73 Å². The summed E-state index contributed by atoms with van der Waals surface area (Å²) in [5.74, 6) is 1.71. The SMILES string of the molecule is Clc1ccc(Cl)c(-c2ccc(CNC3CCCCCC3)o2)c1. The molecule has 1 heterocycles. The summed E-state index contributed by atoms with van der Waals surface area (Å²) in [5.41, 5.74) is 0.842. The van der Waals surface area contributed by atoms with Gasteiger partial charge in [-0.15, -0.1) is 0 Å². The van der Waals surface area contributed by atoms with Gasteiger partial charge >= 0.3 is 0 Å². The van der Waals surface area contributed by atoms with E-state index >= 15 is 0 Å². The fourth-order valence-electron chi connectivity index (χ4n) is 3.03. The quantitative estimate of drug-likeness (QED) is 0.685. The molecule has 0 unspecified atom stereocenters. The van der Waals surface area contributed by atoms with Gasteiger partial charge in [-0.2, -0.15) is 0 Å². The van der Waals surface area contributed by atoms with Crippen LogP contribution in [-0.4, -0.2) is 6.04 Å². The fourth-order valence-corrected chi connectivity index (χ4v) is 3.42. The summed E-state index contributed by atoms with van der Waals surface area (Å²) in [7, 11) is 0. The molecule has 3 rings (SSSR count). The minimum atomic E-state index is 0.616. The molecular weight excluding hydrogens is 317 g/mol. The average molecular weight is 338 g/mol. The zero-order valence-corrected chi connectivity index (χ0v) is 14.1. The Bertz CT molecular complexity index is 615. The van der Waals surface area contributed by atoms with Gasteiger partial charge in [0.2, 0.25) is 0 Å². The zero-order chi connectivity index (χ0) is 15.4. The van der Waals surface area contributed by atoms with Crippen LogP contribution < -0.4 is 5.32 Å². The van der Waals surface area contributed by atoms with Crippen molar-refractivity contribution in [1.29, 1.82) is 0 Å². The summed E-state index contributed by atoms with van der Waals surface area (Å²) >= 11 is 12.3. The van der Waals surface area contributed by atoms with E-state index in [9.17, 15) is 0 Å². The molecule has 1 aliphatic carbocycles. The van der Waals surface area contributed by atoms with Crippen molar-refractivity contribution < 1.29 is 4.42 Å². The zero-order valence-electron chi connectivity index (χ0n) is 12.6. The van der Waals surface area contributed by atoms with Crippen LogP contribution in [0.3, 0.4) is 0 Å². The van der Waals surface area contributed by atoms with Crippen LogP contribution >= 0.6 is 23.2 Å². The molecule has 1 aromatic heterocycles. The van der Waals surface area contributed by atoms with Gasteiger partial charge in [-0.1, -0.05) is 48.9 Å². The molecule has 0 atom stereocenters. The van der Waals surface area contributed by atoms with E-state index in [1.165, 1.54) is 38.5 Å². The lowest BCUT2D eigenvalue weighted by Gasteiger charge is -2.14. The van der Waals surface area contributed by atoms with Gasteiger partial charge in [0.1, 0.15) is 11.5 Å². The predicted molar refractivity (Wildman–Crippen MR) is 92.5 cm³/mol. The standard InChI is InChI=1S/C18H21Cl2NO/c19-13-7-9-17(20)16(11-13)18-10-8-15(22-18)12-21-14-5-3-1-2-4-6-14/h7-11,14,21H,1-6,12H2. The molecule has 0 amide bonds. The predicted octanol–water partition coefficient (Wildman–Crippen LogP) is 6.07. The molecule has 0 aliphatic heterocycles. The van der Waals surface area contributed by atoms with Crippen LogP contribution in [0.5, 0.6) is 0 Å². The first kappa shape index (κ1) is 15.9. The Morgan fingerprint density at radius 3 is 2.55 bits per heavy atom. The summed E-state index contributed by atoms with van der Waals surface area (Å²) < 4.78 is 5.92. The fraction of sp³-hybridized carbons (Fsp3) is 0.444. The second-order valence-corrected chi connectivity index (χ2v) is 6.80. The molecule has 1 fully saturated rings. The highest BCUT2D eigenvalue weighted by molar-refractivity contribution is 6.35. The van der Waals surface area contributed by atoms with Crippen molar-refractivity contribution in [2.45, 2.75) is 51.1 Å². The lowest BCUT2D eigenvalue weighted by atomic mass is 10.1. The molecule has 0 radical (unpaired) electrons. The minimum absolute atomic E-state index is 0.616. The highest BCUT2D eigenvalue weighted by Gasteiger charge is 2.13. The van der Waals surface area contributed by atoms with Crippen molar-refractivity contribution in [2.75, 3.05) is 0 Å². The van der Waals surface area contributed by atoms with Gasteiger partial charge in [-0.05, 0) is 43.2 Å². The summed E-state index contributed by atoms with van der Waals surface area (Å²) in [6.45, 7) is 0.767. The minimum Gasteiger partial charge on any atom is -0.460 e. The van der Waals surface area contributed by atoms with E-state index in [1.54, 1.807) is 12.1 Å². The van der Waals surface area contributed by atoms with Crippen LogP contribution in [0.25, 0.3) is 11.3 Å². The molecule has 0 bridgehead atoms. The number of hydrogen-bond donors (Lipinski definition) is 1. The molecule has 1 N–H and O–H groups in total. The Morgan fingerprint density at radius 2 is 1.77 bits per heavy atom. The Balaban J connectivity index is 1.64. The third kappa shape index (κ3) is 4.07. The van der Waals surface area contributed by atoms with E-state index in [-0.39, 0.29) is 0 Å². The molecule has 2 aromatic rings. The van der Waals surface area contributed by atoms with Gasteiger partial charge in [-0.25, -0.2) is 0 Å². The Labute approximate surface area is 141 Å². The van der Waals surface area contributed by atoms with Gasteiger partial charge in [0.15, 0.2) is 0 Å². The van der Waals surface area contributed by atoms with Crippen LogP contribution in [-0.2, 0) is 6.54 Å². The molecule has 4 heteroatoms. The number of furan rings is 1. The maximum atomic E-state index is 6.22. The summed E-state index contributed by atoms with van der Waals surface area (Å²) in [4.78, 5) is 0. The van der Waals surface area contributed by atoms with E-state index in [0.29, 0.717) is 16.1 Å². The van der Waals surface area contributed by atoms with Crippen molar-refractivity contribution in [3.8, 4) is 11.3 Å². The lowest BCUT2D eigenvalue weighted by Crippen LogP contribution is -2.27. The first-order valence-electron chi connectivity index (χ1n) is 8.00. The molecule has 1 aromatic carbocycles. The van der Waals surface area contributed by atoms with E-state index in [4.69, 9.17) is 27.6 Å². The first-order chi connectivity index (χ1) is 10.7. The van der Waals surface area contributed by atoms with Crippen LogP contribution in [0.15, 0.2) is 34.7 Å². The maximum Gasteiger partial charge on any atom is 0.135 e. The largest absolute Gasteiger partial charge is 0.460 e. The van der Waals surface area contributed by atoms with Crippen LogP contribution in [0.2, 0.25) is 10.0 Å². The number of benzene rings is 1. The molecule has 0 spiro atoms.